The normalized spacial score (nSPS) is 18.2. The summed E-state index contributed by atoms with van der Waals surface area (Å²) in [5.74, 6) is 0.548. The van der Waals surface area contributed by atoms with E-state index >= 15 is 0 Å². The van der Waals surface area contributed by atoms with E-state index in [1.807, 2.05) is 53.2 Å². The summed E-state index contributed by atoms with van der Waals surface area (Å²) < 4.78 is 0. The minimum absolute atomic E-state index is 0.185. The maximum absolute atomic E-state index is 12.7. The van der Waals surface area contributed by atoms with E-state index in [1.165, 1.54) is 0 Å². The summed E-state index contributed by atoms with van der Waals surface area (Å²) in [6.45, 7) is 2.26. The third kappa shape index (κ3) is 5.52. The molecule has 31 heavy (non-hydrogen) atoms. The lowest BCUT2D eigenvalue weighted by atomic mass is 9.87. The highest BCUT2D eigenvalue weighted by atomic mass is 32.1. The van der Waals surface area contributed by atoms with Crippen LogP contribution in [-0.4, -0.2) is 18.0 Å². The van der Waals surface area contributed by atoms with Gasteiger partial charge in [0.1, 0.15) is 0 Å². The molecule has 1 aliphatic carbocycles. The Bertz CT molecular complexity index is 1030. The van der Waals surface area contributed by atoms with Crippen molar-refractivity contribution < 1.29 is 9.59 Å². The SMILES string of the molecule is CC1CCC(NC(=O)Nc2cc(NC(=O)c3ccccc3)ccc2-c2ccsc2)CC1. The lowest BCUT2D eigenvalue weighted by molar-refractivity contribution is 0.102. The molecule has 0 atom stereocenters. The van der Waals surface area contributed by atoms with E-state index in [0.717, 1.165) is 42.7 Å². The molecule has 0 aliphatic heterocycles. The molecule has 6 heteroatoms. The monoisotopic (exact) mass is 433 g/mol. The minimum Gasteiger partial charge on any atom is -0.335 e. The molecule has 1 saturated carbocycles. The Balaban J connectivity index is 1.51. The highest BCUT2D eigenvalue weighted by Crippen LogP contribution is 2.32. The van der Waals surface area contributed by atoms with E-state index in [9.17, 15) is 9.59 Å². The van der Waals surface area contributed by atoms with E-state index in [0.29, 0.717) is 16.9 Å². The first-order chi connectivity index (χ1) is 15.1. The van der Waals surface area contributed by atoms with Crippen molar-refractivity contribution >= 4 is 34.6 Å². The molecule has 1 aliphatic rings. The van der Waals surface area contributed by atoms with Crippen LogP contribution in [0.15, 0.2) is 65.4 Å². The Hall–Kier alpha value is -3.12. The second kappa shape index (κ2) is 9.79. The summed E-state index contributed by atoms with van der Waals surface area (Å²) in [5, 5.41) is 13.1. The number of thiophene rings is 1. The van der Waals surface area contributed by atoms with Gasteiger partial charge in [-0.15, -0.1) is 0 Å². The molecule has 3 N–H and O–H groups in total. The molecule has 0 saturated heterocycles. The summed E-state index contributed by atoms with van der Waals surface area (Å²) in [4.78, 5) is 25.3. The number of carbonyl (C=O) groups excluding carboxylic acids is 2. The van der Waals surface area contributed by atoms with Gasteiger partial charge in [0.05, 0.1) is 5.69 Å². The number of nitrogens with one attached hydrogen (secondary N) is 3. The quantitative estimate of drug-likeness (QED) is 0.438. The molecule has 1 heterocycles. The van der Waals surface area contributed by atoms with Gasteiger partial charge in [-0.25, -0.2) is 4.79 Å². The molecule has 0 spiro atoms. The number of urea groups is 1. The van der Waals surface area contributed by atoms with Crippen LogP contribution in [0.5, 0.6) is 0 Å². The van der Waals surface area contributed by atoms with E-state index in [2.05, 4.69) is 22.9 Å². The molecule has 0 unspecified atom stereocenters. The predicted molar refractivity (Wildman–Crippen MR) is 128 cm³/mol. The third-order valence-electron chi connectivity index (χ3n) is 5.74. The van der Waals surface area contributed by atoms with Gasteiger partial charge < -0.3 is 16.0 Å². The van der Waals surface area contributed by atoms with E-state index in [4.69, 9.17) is 0 Å². The molecule has 3 amide bonds. The summed E-state index contributed by atoms with van der Waals surface area (Å²) in [6.07, 6.45) is 4.32. The van der Waals surface area contributed by atoms with Crippen molar-refractivity contribution in [2.45, 2.75) is 38.6 Å². The van der Waals surface area contributed by atoms with Gasteiger partial charge in [0.15, 0.2) is 0 Å². The Morgan fingerprint density at radius 3 is 2.42 bits per heavy atom. The number of carbonyl (C=O) groups is 2. The van der Waals surface area contributed by atoms with Crippen LogP contribution in [0.4, 0.5) is 16.2 Å². The maximum atomic E-state index is 12.7. The largest absolute Gasteiger partial charge is 0.335 e. The molecule has 1 fully saturated rings. The number of benzene rings is 2. The zero-order valence-corrected chi connectivity index (χ0v) is 18.4. The topological polar surface area (TPSA) is 70.2 Å². The average Bonchev–Trinajstić information content (AvgIpc) is 3.31. The Morgan fingerprint density at radius 1 is 0.935 bits per heavy atom. The van der Waals surface area contributed by atoms with Gasteiger partial charge in [-0.3, -0.25) is 4.79 Å². The van der Waals surface area contributed by atoms with Crippen LogP contribution in [0.3, 0.4) is 0 Å². The summed E-state index contributed by atoms with van der Waals surface area (Å²) in [5.41, 5.74) is 3.85. The zero-order valence-electron chi connectivity index (χ0n) is 17.6. The first-order valence-electron chi connectivity index (χ1n) is 10.7. The molecule has 3 aromatic rings. The van der Waals surface area contributed by atoms with Crippen molar-refractivity contribution in [1.29, 1.82) is 0 Å². The Labute approximate surface area is 186 Å². The van der Waals surface area contributed by atoms with Crippen LogP contribution < -0.4 is 16.0 Å². The van der Waals surface area contributed by atoms with Gasteiger partial charge in [0.25, 0.3) is 5.91 Å². The van der Waals surface area contributed by atoms with Crippen LogP contribution in [0.25, 0.3) is 11.1 Å². The van der Waals surface area contributed by atoms with E-state index in [-0.39, 0.29) is 18.0 Å². The van der Waals surface area contributed by atoms with Crippen LogP contribution in [0, 0.1) is 5.92 Å². The fourth-order valence-electron chi connectivity index (χ4n) is 3.94. The smallest absolute Gasteiger partial charge is 0.319 e. The van der Waals surface area contributed by atoms with Gasteiger partial charge in [-0.05, 0) is 78.3 Å². The Kier molecular flexibility index (Phi) is 6.67. The molecule has 1 aromatic heterocycles. The minimum atomic E-state index is -0.206. The van der Waals surface area contributed by atoms with Crippen molar-refractivity contribution in [3.63, 3.8) is 0 Å². The van der Waals surface area contributed by atoms with E-state index < -0.39 is 0 Å². The van der Waals surface area contributed by atoms with Gasteiger partial charge in [-0.2, -0.15) is 11.3 Å². The highest BCUT2D eigenvalue weighted by Gasteiger charge is 2.20. The van der Waals surface area contributed by atoms with Crippen molar-refractivity contribution in [2.75, 3.05) is 10.6 Å². The van der Waals surface area contributed by atoms with Crippen molar-refractivity contribution in [2.24, 2.45) is 5.92 Å². The molecule has 2 aromatic carbocycles. The molecule has 160 valence electrons. The van der Waals surface area contributed by atoms with E-state index in [1.54, 1.807) is 23.5 Å². The second-order valence-electron chi connectivity index (χ2n) is 8.15. The van der Waals surface area contributed by atoms with Gasteiger partial charge >= 0.3 is 6.03 Å². The van der Waals surface area contributed by atoms with Crippen LogP contribution in [0.1, 0.15) is 43.0 Å². The third-order valence-corrected chi connectivity index (χ3v) is 6.43. The van der Waals surface area contributed by atoms with Crippen LogP contribution >= 0.6 is 11.3 Å². The fourth-order valence-corrected chi connectivity index (χ4v) is 4.59. The molecule has 0 radical (unpaired) electrons. The van der Waals surface area contributed by atoms with Crippen molar-refractivity contribution in [3.8, 4) is 11.1 Å². The summed E-state index contributed by atoms with van der Waals surface area (Å²) in [7, 11) is 0. The van der Waals surface area contributed by atoms with Crippen molar-refractivity contribution in [1.82, 2.24) is 5.32 Å². The number of rotatable bonds is 5. The standard InChI is InChI=1S/C25H27N3O2S/c1-17-7-9-20(10-8-17)27-25(30)28-23-15-21(11-12-22(23)19-13-14-31-16-19)26-24(29)18-5-3-2-4-6-18/h2-6,11-17,20H,7-10H2,1H3,(H,26,29)(H2,27,28,30). The van der Waals surface area contributed by atoms with Gasteiger partial charge in [-0.1, -0.05) is 31.2 Å². The number of hydrogen-bond acceptors (Lipinski definition) is 3. The summed E-state index contributed by atoms with van der Waals surface area (Å²) >= 11 is 1.60. The average molecular weight is 434 g/mol. The number of amides is 3. The lowest BCUT2D eigenvalue weighted by Crippen LogP contribution is -2.40. The molecular weight excluding hydrogens is 406 g/mol. The fraction of sp³-hybridized carbons (Fsp3) is 0.280. The number of hydrogen-bond donors (Lipinski definition) is 3. The highest BCUT2D eigenvalue weighted by molar-refractivity contribution is 7.08. The van der Waals surface area contributed by atoms with Crippen molar-refractivity contribution in [3.05, 3.63) is 70.9 Å². The van der Waals surface area contributed by atoms with Crippen LogP contribution in [0.2, 0.25) is 0 Å². The molecular formula is C25H27N3O2S. The van der Waals surface area contributed by atoms with Crippen LogP contribution in [-0.2, 0) is 0 Å². The first-order valence-corrected chi connectivity index (χ1v) is 11.6. The lowest BCUT2D eigenvalue weighted by Gasteiger charge is -2.27. The Morgan fingerprint density at radius 2 is 1.71 bits per heavy atom. The predicted octanol–water partition coefficient (Wildman–Crippen LogP) is 6.37. The second-order valence-corrected chi connectivity index (χ2v) is 8.93. The zero-order chi connectivity index (χ0) is 21.6. The number of anilines is 2. The van der Waals surface area contributed by atoms with Gasteiger partial charge in [0.2, 0.25) is 0 Å². The molecule has 0 bridgehead atoms. The summed E-state index contributed by atoms with van der Waals surface area (Å²) in [6, 6.07) is 16.7. The van der Waals surface area contributed by atoms with Gasteiger partial charge in [0, 0.05) is 22.9 Å². The molecule has 5 nitrogen and oxygen atoms in total. The first kappa shape index (κ1) is 21.1. The molecule has 4 rings (SSSR count). The maximum Gasteiger partial charge on any atom is 0.319 e.